The molecule has 0 bridgehead atoms. The van der Waals surface area contributed by atoms with E-state index in [4.69, 9.17) is 0 Å². The third-order valence-corrected chi connectivity index (χ3v) is 3.63. The Kier molecular flexibility index (Phi) is 3.57. The van der Waals surface area contributed by atoms with Crippen LogP contribution in [0, 0.1) is 12.3 Å². The molecule has 0 saturated carbocycles. The van der Waals surface area contributed by atoms with E-state index in [1.54, 1.807) is 6.07 Å². The van der Waals surface area contributed by atoms with Gasteiger partial charge in [0.05, 0.1) is 11.1 Å². The molecule has 1 saturated heterocycles. The summed E-state index contributed by atoms with van der Waals surface area (Å²) >= 11 is 0. The molecule has 18 heavy (non-hydrogen) atoms. The Morgan fingerprint density at radius 1 is 1.50 bits per heavy atom. The number of hydrogen-bond donors (Lipinski definition) is 3. The van der Waals surface area contributed by atoms with Crippen LogP contribution in [0.4, 0.5) is 5.69 Å². The van der Waals surface area contributed by atoms with Gasteiger partial charge in [0.25, 0.3) is 0 Å². The van der Waals surface area contributed by atoms with E-state index >= 15 is 0 Å². The Hall–Kier alpha value is -1.55. The highest BCUT2D eigenvalue weighted by Gasteiger charge is 2.34. The van der Waals surface area contributed by atoms with E-state index in [-0.39, 0.29) is 11.7 Å². The lowest BCUT2D eigenvalue weighted by Crippen LogP contribution is -2.46. The number of phenolic OH excluding ortho intramolecular Hbond substituents is 1. The van der Waals surface area contributed by atoms with Gasteiger partial charge < -0.3 is 15.7 Å². The molecule has 1 aliphatic heterocycles. The second kappa shape index (κ2) is 4.98. The first-order valence-corrected chi connectivity index (χ1v) is 6.34. The highest BCUT2D eigenvalue weighted by molar-refractivity contribution is 5.96. The van der Waals surface area contributed by atoms with Gasteiger partial charge in [0.1, 0.15) is 5.75 Å². The third-order valence-electron chi connectivity index (χ3n) is 3.63. The fourth-order valence-corrected chi connectivity index (χ4v) is 2.28. The predicted molar refractivity (Wildman–Crippen MR) is 71.7 cm³/mol. The van der Waals surface area contributed by atoms with Crippen molar-refractivity contribution in [3.05, 3.63) is 23.8 Å². The summed E-state index contributed by atoms with van der Waals surface area (Å²) in [6.07, 6.45) is 1.88. The van der Waals surface area contributed by atoms with Crippen LogP contribution in [0.2, 0.25) is 0 Å². The van der Waals surface area contributed by atoms with E-state index < -0.39 is 5.41 Å². The Bertz CT molecular complexity index is 451. The van der Waals surface area contributed by atoms with Gasteiger partial charge in [0.2, 0.25) is 5.91 Å². The Labute approximate surface area is 107 Å². The van der Waals surface area contributed by atoms with E-state index in [9.17, 15) is 9.90 Å². The zero-order valence-corrected chi connectivity index (χ0v) is 10.9. The smallest absolute Gasteiger partial charge is 0.231 e. The maximum atomic E-state index is 12.3. The number of aromatic hydroxyl groups is 1. The molecule has 0 aromatic heterocycles. The SMILES string of the molecule is Cc1cccc(NC(=O)C2(C)CCCNC2)c1O. The first-order valence-electron chi connectivity index (χ1n) is 6.34. The lowest BCUT2D eigenvalue weighted by Gasteiger charge is -2.32. The minimum Gasteiger partial charge on any atom is -0.505 e. The van der Waals surface area contributed by atoms with Gasteiger partial charge in [-0.3, -0.25) is 4.79 Å². The maximum absolute atomic E-state index is 12.3. The number of amides is 1. The molecular weight excluding hydrogens is 228 g/mol. The van der Waals surface area contributed by atoms with Crippen LogP contribution in [0.1, 0.15) is 25.3 Å². The molecule has 1 aliphatic rings. The molecule has 1 unspecified atom stereocenters. The van der Waals surface area contributed by atoms with Crippen molar-refractivity contribution >= 4 is 11.6 Å². The molecule has 4 heteroatoms. The van der Waals surface area contributed by atoms with Gasteiger partial charge in [-0.25, -0.2) is 0 Å². The second-order valence-corrected chi connectivity index (χ2v) is 5.27. The molecule has 1 aromatic rings. The van der Waals surface area contributed by atoms with Gasteiger partial charge in [-0.15, -0.1) is 0 Å². The molecule has 1 heterocycles. The molecule has 0 aliphatic carbocycles. The molecule has 98 valence electrons. The Morgan fingerprint density at radius 3 is 2.94 bits per heavy atom. The number of benzene rings is 1. The molecule has 4 nitrogen and oxygen atoms in total. The van der Waals surface area contributed by atoms with E-state index in [1.165, 1.54) is 0 Å². The van der Waals surface area contributed by atoms with Crippen molar-refractivity contribution < 1.29 is 9.90 Å². The summed E-state index contributed by atoms with van der Waals surface area (Å²) in [6.45, 7) is 5.43. The van der Waals surface area contributed by atoms with Gasteiger partial charge in [-0.2, -0.15) is 0 Å². The predicted octanol–water partition coefficient (Wildman–Crippen LogP) is 2.03. The number of nitrogens with one attached hydrogen (secondary N) is 2. The topological polar surface area (TPSA) is 61.4 Å². The third kappa shape index (κ3) is 2.48. The molecule has 1 atom stereocenters. The van der Waals surface area contributed by atoms with Crippen LogP contribution in [-0.2, 0) is 4.79 Å². The highest BCUT2D eigenvalue weighted by Crippen LogP contribution is 2.31. The summed E-state index contributed by atoms with van der Waals surface area (Å²) in [6, 6.07) is 5.36. The largest absolute Gasteiger partial charge is 0.505 e. The molecule has 1 aromatic carbocycles. The number of phenols is 1. The van der Waals surface area contributed by atoms with Crippen LogP contribution >= 0.6 is 0 Å². The Balaban J connectivity index is 2.13. The number of carbonyl (C=O) groups is 1. The summed E-state index contributed by atoms with van der Waals surface area (Å²) in [5.41, 5.74) is 0.862. The van der Waals surface area contributed by atoms with Crippen molar-refractivity contribution in [3.63, 3.8) is 0 Å². The molecule has 1 amide bonds. The summed E-state index contributed by atoms with van der Waals surface area (Å²) in [5.74, 6) is 0.119. The van der Waals surface area contributed by atoms with Gasteiger partial charge >= 0.3 is 0 Å². The number of carbonyl (C=O) groups excluding carboxylic acids is 1. The van der Waals surface area contributed by atoms with Crippen LogP contribution in [-0.4, -0.2) is 24.1 Å². The minimum absolute atomic E-state index is 0.0319. The normalized spacial score (nSPS) is 23.7. The number of aryl methyl sites for hydroxylation is 1. The zero-order valence-electron chi connectivity index (χ0n) is 10.9. The maximum Gasteiger partial charge on any atom is 0.231 e. The summed E-state index contributed by atoms with van der Waals surface area (Å²) in [5, 5.41) is 16.0. The summed E-state index contributed by atoms with van der Waals surface area (Å²) in [4.78, 5) is 12.3. The number of para-hydroxylation sites is 1. The van der Waals surface area contributed by atoms with Gasteiger partial charge in [0, 0.05) is 6.54 Å². The van der Waals surface area contributed by atoms with Gasteiger partial charge in [-0.05, 0) is 44.9 Å². The Morgan fingerprint density at radius 2 is 2.28 bits per heavy atom. The number of rotatable bonds is 2. The summed E-state index contributed by atoms with van der Waals surface area (Å²) in [7, 11) is 0. The van der Waals surface area contributed by atoms with Crippen molar-refractivity contribution in [2.45, 2.75) is 26.7 Å². The minimum atomic E-state index is -0.394. The molecule has 2 rings (SSSR count). The van der Waals surface area contributed by atoms with Crippen molar-refractivity contribution in [1.82, 2.24) is 5.32 Å². The van der Waals surface area contributed by atoms with Crippen LogP contribution < -0.4 is 10.6 Å². The first kappa shape index (κ1) is 12.9. The van der Waals surface area contributed by atoms with Crippen molar-refractivity contribution in [2.75, 3.05) is 18.4 Å². The van der Waals surface area contributed by atoms with Crippen molar-refractivity contribution in [3.8, 4) is 5.75 Å². The fraction of sp³-hybridized carbons (Fsp3) is 0.500. The lowest BCUT2D eigenvalue weighted by molar-refractivity contribution is -0.125. The van der Waals surface area contributed by atoms with Crippen molar-refractivity contribution in [1.29, 1.82) is 0 Å². The van der Waals surface area contributed by atoms with E-state index in [0.29, 0.717) is 12.2 Å². The average molecular weight is 248 g/mol. The van der Waals surface area contributed by atoms with Crippen LogP contribution in [0.25, 0.3) is 0 Å². The van der Waals surface area contributed by atoms with E-state index in [1.807, 2.05) is 26.0 Å². The van der Waals surface area contributed by atoms with E-state index in [0.717, 1.165) is 24.9 Å². The van der Waals surface area contributed by atoms with E-state index in [2.05, 4.69) is 10.6 Å². The summed E-state index contributed by atoms with van der Waals surface area (Å²) < 4.78 is 0. The highest BCUT2D eigenvalue weighted by atomic mass is 16.3. The standard InChI is InChI=1S/C14H20N2O2/c1-10-5-3-6-11(12(10)17)16-13(18)14(2)7-4-8-15-9-14/h3,5-6,15,17H,4,7-9H2,1-2H3,(H,16,18). The first-order chi connectivity index (χ1) is 8.53. The monoisotopic (exact) mass is 248 g/mol. The average Bonchev–Trinajstić information content (AvgIpc) is 2.36. The molecule has 3 N–H and O–H groups in total. The second-order valence-electron chi connectivity index (χ2n) is 5.27. The molecule has 0 radical (unpaired) electrons. The van der Waals surface area contributed by atoms with Crippen molar-refractivity contribution in [2.24, 2.45) is 5.41 Å². The molecule has 0 spiro atoms. The zero-order chi connectivity index (χ0) is 13.2. The fourth-order valence-electron chi connectivity index (χ4n) is 2.28. The number of hydrogen-bond acceptors (Lipinski definition) is 3. The number of anilines is 1. The lowest BCUT2D eigenvalue weighted by atomic mass is 9.82. The molecule has 1 fully saturated rings. The van der Waals surface area contributed by atoms with Crippen LogP contribution in [0.3, 0.4) is 0 Å². The van der Waals surface area contributed by atoms with Crippen LogP contribution in [0.15, 0.2) is 18.2 Å². The molecular formula is C14H20N2O2. The van der Waals surface area contributed by atoms with Crippen LogP contribution in [0.5, 0.6) is 5.75 Å². The van der Waals surface area contributed by atoms with Gasteiger partial charge in [0.15, 0.2) is 0 Å². The van der Waals surface area contributed by atoms with Gasteiger partial charge in [-0.1, -0.05) is 12.1 Å². The number of piperidine rings is 1. The quantitative estimate of drug-likeness (QED) is 0.702.